The lowest BCUT2D eigenvalue weighted by molar-refractivity contribution is 1.15. The van der Waals surface area contributed by atoms with E-state index in [1.165, 1.54) is 49.9 Å². The number of nitrogens with zero attached hydrogens (tertiary/aromatic N) is 3. The van der Waals surface area contributed by atoms with Crippen molar-refractivity contribution < 1.29 is 0 Å². The van der Waals surface area contributed by atoms with E-state index in [1.807, 2.05) is 0 Å². The van der Waals surface area contributed by atoms with Crippen molar-refractivity contribution >= 4 is 76.0 Å². The van der Waals surface area contributed by atoms with E-state index in [1.54, 1.807) is 0 Å². The van der Waals surface area contributed by atoms with E-state index < -0.39 is 20.1 Å². The summed E-state index contributed by atoms with van der Waals surface area (Å²) in [6, 6.07) is 132. The monoisotopic (exact) mass is 1100 g/mol. The van der Waals surface area contributed by atoms with E-state index >= 15 is 0 Å². The fraction of sp³-hybridized carbons (Fsp3) is 0. The predicted octanol–water partition coefficient (Wildman–Crippen LogP) is 22.4. The largest absolute Gasteiger partial charge is 0.310 e. The predicted molar refractivity (Wildman–Crippen MR) is 350 cm³/mol. The van der Waals surface area contributed by atoms with E-state index in [9.17, 15) is 0 Å². The molecule has 14 rings (SSSR count). The molecule has 0 saturated heterocycles. The van der Waals surface area contributed by atoms with E-state index in [0.717, 1.165) is 50.8 Å². The first-order valence-electron chi connectivity index (χ1n) is 28.2. The van der Waals surface area contributed by atoms with Crippen LogP contribution in [-0.4, -0.2) is 4.57 Å². The molecule has 0 unspecified atom stereocenters. The van der Waals surface area contributed by atoms with Gasteiger partial charge in [0.15, 0.2) is 0 Å². The standard InChI is InChI=1S/C78H59N3S2/c1-11-31-60(32-12-1)79(61-33-13-2-14-34-61)64-55-65(80(62-35-15-3-16-36-62)63-37-17-4-18-38-63)57-66(56-64)81-77-53-51-73(82(67-39-19-5-20-40-67,68-41-21-6-22-42-68)69-43-23-7-24-44-69)58-75(77)76-59-74(52-54-78(76)81)83(70-45-25-8-26-46-70,71-47-27-9-28-48-71)72-49-29-10-30-50-72/h1-59H. The Kier molecular flexibility index (Phi) is 13.8. The summed E-state index contributed by atoms with van der Waals surface area (Å²) in [4.78, 5) is 15.0. The number of anilines is 6. The first kappa shape index (κ1) is 51.1. The average Bonchev–Trinajstić information content (AvgIpc) is 3.54. The van der Waals surface area contributed by atoms with E-state index in [2.05, 4.69) is 372 Å². The minimum absolute atomic E-state index is 1.02. The molecule has 0 amide bonds. The number of fused-ring (bicyclic) bond motifs is 3. The minimum atomic E-state index is -2.07. The van der Waals surface area contributed by atoms with Crippen molar-refractivity contribution in [3.63, 3.8) is 0 Å². The van der Waals surface area contributed by atoms with Crippen LogP contribution in [0.25, 0.3) is 27.5 Å². The van der Waals surface area contributed by atoms with Crippen LogP contribution in [-0.2, 0) is 0 Å². The Morgan fingerprint density at radius 3 is 0.663 bits per heavy atom. The quantitative estimate of drug-likeness (QED) is 0.101. The van der Waals surface area contributed by atoms with Crippen LogP contribution in [0.5, 0.6) is 0 Å². The summed E-state index contributed by atoms with van der Waals surface area (Å²) in [5, 5.41) is 2.36. The molecule has 0 fully saturated rings. The summed E-state index contributed by atoms with van der Waals surface area (Å²) in [7, 11) is -4.14. The smallest absolute Gasteiger partial charge is 0.0541 e. The van der Waals surface area contributed by atoms with Gasteiger partial charge in [0.25, 0.3) is 0 Å². The van der Waals surface area contributed by atoms with Crippen LogP contribution < -0.4 is 9.80 Å². The topological polar surface area (TPSA) is 11.4 Å². The highest BCUT2D eigenvalue weighted by Crippen LogP contribution is 2.75. The van der Waals surface area contributed by atoms with Gasteiger partial charge in [-0.2, -0.15) is 0 Å². The van der Waals surface area contributed by atoms with Gasteiger partial charge in [0.1, 0.15) is 0 Å². The number of hydrogen-bond acceptors (Lipinski definition) is 2. The Labute approximate surface area is 489 Å². The Morgan fingerprint density at radius 2 is 0.422 bits per heavy atom. The van der Waals surface area contributed by atoms with Crippen LogP contribution in [0.15, 0.2) is 397 Å². The number of benzene rings is 13. The zero-order valence-corrected chi connectivity index (χ0v) is 47.4. The third-order valence-corrected chi connectivity index (χ3v) is 23.5. The molecule has 0 atom stereocenters. The molecule has 0 saturated carbocycles. The van der Waals surface area contributed by atoms with Crippen molar-refractivity contribution in [3.8, 4) is 5.69 Å². The molecule has 83 heavy (non-hydrogen) atoms. The Balaban J connectivity index is 1.13. The SMILES string of the molecule is c1ccc(N(c2ccccc2)c2cc(N(c3ccccc3)c3ccccc3)cc(-n3c4ccc(S(c5ccccc5)(c5ccccc5)c5ccccc5)cc4c4cc(S(c5ccccc5)(c5ccccc5)c5ccccc5)ccc43)c2)cc1. The van der Waals surface area contributed by atoms with Gasteiger partial charge in [0.2, 0.25) is 0 Å². The first-order chi connectivity index (χ1) is 41.2. The van der Waals surface area contributed by atoms with Crippen molar-refractivity contribution in [2.75, 3.05) is 9.80 Å². The van der Waals surface area contributed by atoms with Crippen LogP contribution in [0.1, 0.15) is 0 Å². The number of rotatable bonds is 15. The Hall–Kier alpha value is -10.0. The highest BCUT2D eigenvalue weighted by Gasteiger charge is 2.36. The Bertz CT molecular complexity index is 3900. The van der Waals surface area contributed by atoms with Gasteiger partial charge in [-0.15, -0.1) is 20.1 Å². The molecule has 0 aliphatic heterocycles. The fourth-order valence-corrected chi connectivity index (χ4v) is 20.0. The Morgan fingerprint density at radius 1 is 0.193 bits per heavy atom. The summed E-state index contributed by atoms with van der Waals surface area (Å²) >= 11 is 0. The third kappa shape index (κ3) is 9.17. The van der Waals surface area contributed by atoms with Gasteiger partial charge in [0.05, 0.1) is 28.1 Å². The highest BCUT2D eigenvalue weighted by molar-refractivity contribution is 8.34. The molecule has 0 N–H and O–H groups in total. The van der Waals surface area contributed by atoms with Crippen LogP contribution in [0.3, 0.4) is 0 Å². The second-order valence-electron chi connectivity index (χ2n) is 20.5. The van der Waals surface area contributed by atoms with Crippen molar-refractivity contribution in [1.29, 1.82) is 0 Å². The molecule has 0 spiro atoms. The molecular formula is C78H59N3S2. The van der Waals surface area contributed by atoms with Gasteiger partial charge in [-0.3, -0.25) is 0 Å². The summed E-state index contributed by atoms with van der Waals surface area (Å²) in [6.07, 6.45) is 0. The normalized spacial score (nSPS) is 12.0. The van der Waals surface area contributed by atoms with Crippen LogP contribution in [0, 0.1) is 0 Å². The molecule has 0 aliphatic rings. The maximum Gasteiger partial charge on any atom is 0.0541 e. The van der Waals surface area contributed by atoms with Gasteiger partial charge < -0.3 is 14.4 Å². The molecule has 0 bridgehead atoms. The first-order valence-corrected chi connectivity index (χ1v) is 31.5. The van der Waals surface area contributed by atoms with Gasteiger partial charge in [0, 0.05) is 72.7 Å². The summed E-state index contributed by atoms with van der Waals surface area (Å²) < 4.78 is 2.53. The molecule has 14 aromatic rings. The maximum atomic E-state index is 2.55. The van der Waals surface area contributed by atoms with E-state index in [0.29, 0.717) is 0 Å². The molecule has 5 heteroatoms. The lowest BCUT2D eigenvalue weighted by Gasteiger charge is -2.42. The molecule has 1 heterocycles. The minimum Gasteiger partial charge on any atom is -0.310 e. The zero-order chi connectivity index (χ0) is 55.4. The fourth-order valence-electron chi connectivity index (χ4n) is 12.2. The van der Waals surface area contributed by atoms with Crippen LogP contribution in [0.4, 0.5) is 34.1 Å². The summed E-state index contributed by atoms with van der Waals surface area (Å²) in [6.45, 7) is 0. The maximum absolute atomic E-state index is 2.55. The lowest BCUT2D eigenvalue weighted by atomic mass is 10.1. The second-order valence-corrected chi connectivity index (χ2v) is 26.7. The van der Waals surface area contributed by atoms with Crippen molar-refractivity contribution in [2.24, 2.45) is 0 Å². The molecule has 0 radical (unpaired) electrons. The molecule has 13 aromatic carbocycles. The number of aromatic nitrogens is 1. The number of hydrogen-bond donors (Lipinski definition) is 0. The second kappa shape index (κ2) is 22.5. The summed E-state index contributed by atoms with van der Waals surface area (Å²) in [5.41, 5.74) is 9.56. The van der Waals surface area contributed by atoms with E-state index in [-0.39, 0.29) is 0 Å². The van der Waals surface area contributed by atoms with Crippen molar-refractivity contribution in [2.45, 2.75) is 39.2 Å². The van der Waals surface area contributed by atoms with Gasteiger partial charge in [-0.1, -0.05) is 182 Å². The van der Waals surface area contributed by atoms with Gasteiger partial charge in [-0.25, -0.2) is 0 Å². The van der Waals surface area contributed by atoms with Gasteiger partial charge in [-0.05, 0) is 176 Å². The molecule has 0 aliphatic carbocycles. The molecule has 398 valence electrons. The highest BCUT2D eigenvalue weighted by atomic mass is 32.3. The van der Waals surface area contributed by atoms with Crippen molar-refractivity contribution in [1.82, 2.24) is 4.57 Å². The average molecular weight is 1100 g/mol. The zero-order valence-electron chi connectivity index (χ0n) is 45.7. The lowest BCUT2D eigenvalue weighted by Crippen LogP contribution is -2.14. The molecular weight excluding hydrogens is 1040 g/mol. The van der Waals surface area contributed by atoms with Gasteiger partial charge >= 0.3 is 0 Å². The number of para-hydroxylation sites is 4. The summed E-state index contributed by atoms with van der Waals surface area (Å²) in [5.74, 6) is 0. The molecule has 3 nitrogen and oxygen atoms in total. The third-order valence-electron chi connectivity index (χ3n) is 15.7. The molecule has 1 aromatic heterocycles. The van der Waals surface area contributed by atoms with Crippen LogP contribution in [0.2, 0.25) is 0 Å². The van der Waals surface area contributed by atoms with Crippen molar-refractivity contribution in [3.05, 3.63) is 358 Å². The van der Waals surface area contributed by atoms with E-state index in [4.69, 9.17) is 0 Å². The van der Waals surface area contributed by atoms with Crippen LogP contribution >= 0.6 is 20.1 Å².